The van der Waals surface area contributed by atoms with Gasteiger partial charge in [0.15, 0.2) is 0 Å². The van der Waals surface area contributed by atoms with Gasteiger partial charge < -0.3 is 25.5 Å². The van der Waals surface area contributed by atoms with Crippen LogP contribution in [0.25, 0.3) is 0 Å². The van der Waals surface area contributed by atoms with E-state index in [2.05, 4.69) is 20.6 Å². The van der Waals surface area contributed by atoms with Crippen LogP contribution in [0.5, 0.6) is 0 Å². The second-order valence-corrected chi connectivity index (χ2v) is 5.04. The smallest absolute Gasteiger partial charge is 0.326 e. The van der Waals surface area contributed by atoms with Crippen molar-refractivity contribution in [1.29, 1.82) is 0 Å². The zero-order chi connectivity index (χ0) is 15.7. The van der Waals surface area contributed by atoms with Gasteiger partial charge in [0.05, 0.1) is 12.9 Å². The lowest BCUT2D eigenvalue weighted by atomic mass is 10.2. The van der Waals surface area contributed by atoms with Crippen molar-refractivity contribution in [3.63, 3.8) is 0 Å². The fraction of sp³-hybridized carbons (Fsp3) is 0.615. The first-order valence-corrected chi connectivity index (χ1v) is 6.81. The Kier molecular flexibility index (Phi) is 7.24. The number of carboxylic acids is 1. The number of urea groups is 1. The number of nitrogens with zero attached hydrogens (tertiary/aromatic N) is 1. The molecule has 0 saturated heterocycles. The number of hydrogen-bond acceptors (Lipinski definition) is 4. The molecule has 0 spiro atoms. The third-order valence-electron chi connectivity index (χ3n) is 2.57. The van der Waals surface area contributed by atoms with Gasteiger partial charge in [0, 0.05) is 31.5 Å². The molecule has 0 saturated carbocycles. The first-order valence-electron chi connectivity index (χ1n) is 6.81. The predicted molar refractivity (Wildman–Crippen MR) is 75.9 cm³/mol. The molecule has 1 atom stereocenters. The highest BCUT2D eigenvalue weighted by molar-refractivity contribution is 5.82. The molecular weight excluding hydrogens is 276 g/mol. The Morgan fingerprint density at radius 1 is 1.48 bits per heavy atom. The average Bonchev–Trinajstić information content (AvgIpc) is 2.90. The standard InChI is InChI=1S/C13H22N4O4/c1-9(2)7-21-4-3-15-13(20)17-11(12(18)19)5-10-6-14-8-16-10/h6,8-9,11H,3-5,7H2,1-2H3,(H,14,16)(H,18,19)(H2,15,17,20). The number of carbonyl (C=O) groups is 2. The predicted octanol–water partition coefficient (Wildman–Crippen LogP) is 0.377. The molecule has 1 aromatic rings. The number of carbonyl (C=O) groups excluding carboxylic acids is 1. The number of H-pyrrole nitrogens is 1. The van der Waals surface area contributed by atoms with E-state index in [1.165, 1.54) is 12.5 Å². The summed E-state index contributed by atoms with van der Waals surface area (Å²) in [7, 11) is 0. The summed E-state index contributed by atoms with van der Waals surface area (Å²) in [5.41, 5.74) is 0.642. The van der Waals surface area contributed by atoms with Gasteiger partial charge in [0.25, 0.3) is 0 Å². The van der Waals surface area contributed by atoms with Crippen LogP contribution in [0.4, 0.5) is 4.79 Å². The van der Waals surface area contributed by atoms with Crippen LogP contribution >= 0.6 is 0 Å². The molecule has 0 radical (unpaired) electrons. The van der Waals surface area contributed by atoms with Crippen LogP contribution in [0, 0.1) is 5.92 Å². The Hall–Kier alpha value is -2.09. The molecule has 0 fully saturated rings. The molecule has 0 bridgehead atoms. The van der Waals surface area contributed by atoms with Crippen molar-refractivity contribution in [3.8, 4) is 0 Å². The van der Waals surface area contributed by atoms with E-state index < -0.39 is 18.0 Å². The van der Waals surface area contributed by atoms with Gasteiger partial charge in [-0.15, -0.1) is 0 Å². The number of aliphatic carboxylic acids is 1. The molecule has 0 aromatic carbocycles. The number of amides is 2. The van der Waals surface area contributed by atoms with Crippen molar-refractivity contribution in [1.82, 2.24) is 20.6 Å². The number of aromatic nitrogens is 2. The normalized spacial score (nSPS) is 12.1. The van der Waals surface area contributed by atoms with E-state index in [9.17, 15) is 9.59 Å². The lowest BCUT2D eigenvalue weighted by Crippen LogP contribution is -2.47. The quantitative estimate of drug-likeness (QED) is 0.492. The Bertz CT molecular complexity index is 433. The van der Waals surface area contributed by atoms with E-state index in [4.69, 9.17) is 9.84 Å². The highest BCUT2D eigenvalue weighted by Gasteiger charge is 2.20. The second kappa shape index (κ2) is 8.96. The summed E-state index contributed by atoms with van der Waals surface area (Å²) in [5.74, 6) is -0.666. The van der Waals surface area contributed by atoms with Gasteiger partial charge in [0.2, 0.25) is 0 Å². The van der Waals surface area contributed by atoms with Gasteiger partial charge in [-0.3, -0.25) is 0 Å². The summed E-state index contributed by atoms with van der Waals surface area (Å²) in [6, 6.07) is -1.54. The Labute approximate surface area is 123 Å². The molecule has 21 heavy (non-hydrogen) atoms. The van der Waals surface area contributed by atoms with E-state index in [1.54, 1.807) is 0 Å². The molecule has 8 nitrogen and oxygen atoms in total. The van der Waals surface area contributed by atoms with Crippen LogP contribution in [0.2, 0.25) is 0 Å². The van der Waals surface area contributed by atoms with Crippen LogP contribution in [0.15, 0.2) is 12.5 Å². The van der Waals surface area contributed by atoms with Crippen molar-refractivity contribution >= 4 is 12.0 Å². The molecule has 0 aliphatic carbocycles. The SMILES string of the molecule is CC(C)COCCNC(=O)NC(Cc1cnc[nH]1)C(=O)O. The molecule has 1 heterocycles. The Balaban J connectivity index is 2.27. The van der Waals surface area contributed by atoms with E-state index in [0.717, 1.165) is 0 Å². The lowest BCUT2D eigenvalue weighted by Gasteiger charge is -2.14. The topological polar surface area (TPSA) is 116 Å². The van der Waals surface area contributed by atoms with Gasteiger partial charge >= 0.3 is 12.0 Å². The second-order valence-electron chi connectivity index (χ2n) is 5.04. The highest BCUT2D eigenvalue weighted by atomic mass is 16.5. The first kappa shape index (κ1) is 17.0. The van der Waals surface area contributed by atoms with E-state index >= 15 is 0 Å². The van der Waals surface area contributed by atoms with Gasteiger partial charge in [-0.05, 0) is 5.92 Å². The summed E-state index contributed by atoms with van der Waals surface area (Å²) < 4.78 is 5.31. The molecule has 0 aliphatic heterocycles. The molecular formula is C13H22N4O4. The fourth-order valence-corrected chi connectivity index (χ4v) is 1.58. The zero-order valence-electron chi connectivity index (χ0n) is 12.3. The highest BCUT2D eigenvalue weighted by Crippen LogP contribution is 1.98. The summed E-state index contributed by atoms with van der Waals surface area (Å²) in [6.45, 7) is 5.42. The zero-order valence-corrected chi connectivity index (χ0v) is 12.3. The van der Waals surface area contributed by atoms with E-state index in [0.29, 0.717) is 31.4 Å². The minimum atomic E-state index is -1.10. The number of carboxylic acid groups (broad SMARTS) is 1. The molecule has 118 valence electrons. The third kappa shape index (κ3) is 7.31. The maximum absolute atomic E-state index is 11.6. The summed E-state index contributed by atoms with van der Waals surface area (Å²) in [5, 5.41) is 14.0. The largest absolute Gasteiger partial charge is 0.480 e. The number of ether oxygens (including phenoxy) is 1. The van der Waals surface area contributed by atoms with Crippen LogP contribution in [-0.2, 0) is 16.0 Å². The van der Waals surface area contributed by atoms with Crippen molar-refractivity contribution in [2.75, 3.05) is 19.8 Å². The molecule has 1 unspecified atom stereocenters. The number of rotatable bonds is 9. The maximum atomic E-state index is 11.6. The number of aromatic amines is 1. The van der Waals surface area contributed by atoms with Crippen molar-refractivity contribution in [3.05, 3.63) is 18.2 Å². The molecule has 1 rings (SSSR count). The average molecular weight is 298 g/mol. The van der Waals surface area contributed by atoms with Crippen LogP contribution in [0.1, 0.15) is 19.5 Å². The van der Waals surface area contributed by atoms with Gasteiger partial charge in [-0.25, -0.2) is 14.6 Å². The van der Waals surface area contributed by atoms with Crippen molar-refractivity contribution in [2.45, 2.75) is 26.3 Å². The molecule has 1 aromatic heterocycles. The lowest BCUT2D eigenvalue weighted by molar-refractivity contribution is -0.139. The minimum absolute atomic E-state index is 0.145. The fourth-order valence-electron chi connectivity index (χ4n) is 1.58. The van der Waals surface area contributed by atoms with Gasteiger partial charge in [-0.2, -0.15) is 0 Å². The van der Waals surface area contributed by atoms with Gasteiger partial charge in [0.1, 0.15) is 6.04 Å². The number of imidazole rings is 1. The summed E-state index contributed by atoms with van der Waals surface area (Å²) in [6.07, 6.45) is 3.13. The number of nitrogens with one attached hydrogen (secondary N) is 3. The van der Waals surface area contributed by atoms with Crippen molar-refractivity contribution in [2.24, 2.45) is 5.92 Å². The minimum Gasteiger partial charge on any atom is -0.480 e. The molecule has 0 aliphatic rings. The van der Waals surface area contributed by atoms with E-state index in [-0.39, 0.29) is 6.42 Å². The molecule has 8 heteroatoms. The van der Waals surface area contributed by atoms with Crippen LogP contribution in [-0.4, -0.2) is 52.9 Å². The van der Waals surface area contributed by atoms with Crippen LogP contribution < -0.4 is 10.6 Å². The summed E-state index contributed by atoms with van der Waals surface area (Å²) in [4.78, 5) is 29.3. The Morgan fingerprint density at radius 3 is 2.81 bits per heavy atom. The summed E-state index contributed by atoms with van der Waals surface area (Å²) >= 11 is 0. The van der Waals surface area contributed by atoms with E-state index in [1.807, 2.05) is 13.8 Å². The first-order chi connectivity index (χ1) is 9.99. The molecule has 2 amide bonds. The van der Waals surface area contributed by atoms with Gasteiger partial charge in [-0.1, -0.05) is 13.8 Å². The monoisotopic (exact) mass is 298 g/mol. The maximum Gasteiger partial charge on any atom is 0.326 e. The molecule has 4 N–H and O–H groups in total. The number of hydrogen-bond donors (Lipinski definition) is 4. The Morgan fingerprint density at radius 2 is 2.24 bits per heavy atom. The van der Waals surface area contributed by atoms with Crippen LogP contribution in [0.3, 0.4) is 0 Å². The third-order valence-corrected chi connectivity index (χ3v) is 2.57. The van der Waals surface area contributed by atoms with Crippen molar-refractivity contribution < 1.29 is 19.4 Å².